The Kier molecular flexibility index (Phi) is 2.62. The molecule has 8 nitrogen and oxygen atoms in total. The van der Waals surface area contributed by atoms with Crippen LogP contribution in [0, 0.1) is 0 Å². The minimum Gasteiger partial charge on any atom is -0.459 e. The molecule has 0 amide bonds. The van der Waals surface area contributed by atoms with Gasteiger partial charge in [0.15, 0.2) is 11.2 Å². The van der Waals surface area contributed by atoms with Gasteiger partial charge in [-0.15, -0.1) is 0 Å². The first-order valence-electron chi connectivity index (χ1n) is 7.72. The van der Waals surface area contributed by atoms with Gasteiger partial charge in [0.1, 0.15) is 12.1 Å². The molecule has 21 heavy (non-hydrogen) atoms. The summed E-state index contributed by atoms with van der Waals surface area (Å²) in [6.07, 6.45) is 1.14. The molecule has 0 bridgehead atoms. The lowest BCUT2D eigenvalue weighted by Gasteiger charge is -2.19. The maximum atomic E-state index is 12.3. The first-order valence-corrected chi connectivity index (χ1v) is 6.22. The maximum absolute atomic E-state index is 12.3. The van der Waals surface area contributed by atoms with Gasteiger partial charge >= 0.3 is 11.7 Å². The second-order valence-electron chi connectivity index (χ2n) is 5.61. The van der Waals surface area contributed by atoms with Crippen LogP contribution in [0.15, 0.2) is 15.9 Å². The van der Waals surface area contributed by atoms with Gasteiger partial charge in [0.2, 0.25) is 0 Å². The van der Waals surface area contributed by atoms with Crippen molar-refractivity contribution in [2.75, 3.05) is 0 Å². The molecule has 0 saturated heterocycles. The monoisotopic (exact) mass is 297 g/mol. The molecule has 0 N–H and O–H groups in total. The molecule has 0 aromatic carbocycles. The fourth-order valence-corrected chi connectivity index (χ4v) is 1.87. The highest BCUT2D eigenvalue weighted by Gasteiger charge is 2.19. The van der Waals surface area contributed by atoms with Crippen LogP contribution in [0.25, 0.3) is 11.2 Å². The highest BCUT2D eigenvalue weighted by atomic mass is 16.6. The van der Waals surface area contributed by atoms with Crippen molar-refractivity contribution in [3.63, 3.8) is 0 Å². The van der Waals surface area contributed by atoms with Crippen molar-refractivity contribution in [3.8, 4) is 0 Å². The lowest BCUT2D eigenvalue weighted by atomic mass is 10.2. The maximum Gasteiger partial charge on any atom is 0.332 e. The van der Waals surface area contributed by atoms with Crippen LogP contribution in [0.3, 0.4) is 0 Å². The van der Waals surface area contributed by atoms with Crippen molar-refractivity contribution in [2.24, 2.45) is 14.0 Å². The number of carbonyl (C=O) groups excluding carboxylic acids is 1. The van der Waals surface area contributed by atoms with Gasteiger partial charge in [-0.05, 0) is 20.8 Å². The number of hydrogen-bond acceptors (Lipinski definition) is 5. The van der Waals surface area contributed by atoms with Gasteiger partial charge in [-0.2, -0.15) is 0 Å². The molecular formula is C13H18N4O4. The number of fused-ring (bicyclic) bond motifs is 1. The molecular weight excluding hydrogens is 276 g/mol. The third-order valence-electron chi connectivity index (χ3n) is 2.74. The average Bonchev–Trinajstić information content (AvgIpc) is 2.75. The summed E-state index contributed by atoms with van der Waals surface area (Å²) in [6, 6.07) is 0. The number of aryl methyl sites for hydroxylation is 1. The Labute approximate surface area is 124 Å². The molecule has 0 fully saturated rings. The van der Waals surface area contributed by atoms with E-state index in [1.54, 1.807) is 20.8 Å². The van der Waals surface area contributed by atoms with E-state index in [-0.39, 0.29) is 17.7 Å². The van der Waals surface area contributed by atoms with Crippen LogP contribution in [-0.2, 0) is 30.1 Å². The Hall–Kier alpha value is -2.38. The van der Waals surface area contributed by atoms with Crippen molar-refractivity contribution >= 4 is 17.1 Å². The standard InChI is InChI=1S/C13H18N4O4/c1-13(2,3)21-8(18)6-17-7-14-10-9(17)11(19)16(5)12(20)15(10)4/h7H,6H2,1-5H3/i4D3. The summed E-state index contributed by atoms with van der Waals surface area (Å²) in [7, 11) is 1.16. The van der Waals surface area contributed by atoms with Crippen molar-refractivity contribution in [3.05, 3.63) is 27.2 Å². The lowest BCUT2D eigenvalue weighted by molar-refractivity contribution is -0.155. The average molecular weight is 297 g/mol. The minimum atomic E-state index is -2.81. The second-order valence-corrected chi connectivity index (χ2v) is 5.61. The van der Waals surface area contributed by atoms with Crippen molar-refractivity contribution in [1.29, 1.82) is 0 Å². The smallest absolute Gasteiger partial charge is 0.332 e. The number of imidazole rings is 1. The van der Waals surface area contributed by atoms with Gasteiger partial charge in [0.05, 0.1) is 6.33 Å². The van der Waals surface area contributed by atoms with Crippen molar-refractivity contribution in [2.45, 2.75) is 32.9 Å². The second kappa shape index (κ2) is 4.87. The zero-order chi connectivity index (χ0) is 18.4. The van der Waals surface area contributed by atoms with Gasteiger partial charge in [-0.25, -0.2) is 9.78 Å². The first kappa shape index (κ1) is 11.3. The SMILES string of the molecule is [2H]C([2H])([2H])n1c(=O)n(C)c(=O)c2c1ncn2CC(=O)OC(C)(C)C. The van der Waals surface area contributed by atoms with Crippen LogP contribution in [0.1, 0.15) is 24.9 Å². The van der Waals surface area contributed by atoms with E-state index in [0.717, 1.165) is 13.4 Å². The van der Waals surface area contributed by atoms with Crippen LogP contribution < -0.4 is 11.2 Å². The summed E-state index contributed by atoms with van der Waals surface area (Å²) in [5.41, 5.74) is -2.91. The fourth-order valence-electron chi connectivity index (χ4n) is 1.87. The summed E-state index contributed by atoms with van der Waals surface area (Å²) in [5, 5.41) is 0. The zero-order valence-electron chi connectivity index (χ0n) is 15.2. The summed E-state index contributed by atoms with van der Waals surface area (Å²) >= 11 is 0. The van der Waals surface area contributed by atoms with E-state index in [1.165, 1.54) is 4.57 Å². The molecule has 0 aliphatic carbocycles. The van der Waals surface area contributed by atoms with Gasteiger partial charge in [-0.1, -0.05) is 0 Å². The molecule has 0 aliphatic heterocycles. The molecule has 0 saturated carbocycles. The third-order valence-corrected chi connectivity index (χ3v) is 2.74. The molecule has 2 aromatic rings. The Morgan fingerprint density at radius 2 is 2.05 bits per heavy atom. The summed E-state index contributed by atoms with van der Waals surface area (Å²) < 4.78 is 29.9. The third kappa shape index (κ3) is 2.74. The van der Waals surface area contributed by atoms with Crippen LogP contribution >= 0.6 is 0 Å². The predicted molar refractivity (Wildman–Crippen MR) is 76.1 cm³/mol. The Balaban J connectivity index is 2.65. The van der Waals surface area contributed by atoms with E-state index in [2.05, 4.69) is 4.98 Å². The number of ether oxygens (including phenoxy) is 1. The van der Waals surface area contributed by atoms with E-state index in [1.807, 2.05) is 0 Å². The highest BCUT2D eigenvalue weighted by molar-refractivity contribution is 5.75. The Bertz CT molecular complexity index is 915. The quantitative estimate of drug-likeness (QED) is 0.715. The number of rotatable bonds is 2. The van der Waals surface area contributed by atoms with Gasteiger partial charge in [0.25, 0.3) is 5.56 Å². The fraction of sp³-hybridized carbons (Fsp3) is 0.538. The molecule has 114 valence electrons. The minimum absolute atomic E-state index is 0.154. The number of hydrogen-bond donors (Lipinski definition) is 0. The van der Waals surface area contributed by atoms with E-state index in [0.29, 0.717) is 9.13 Å². The number of aromatic nitrogens is 4. The number of esters is 1. The van der Waals surface area contributed by atoms with Crippen molar-refractivity contribution < 1.29 is 13.6 Å². The van der Waals surface area contributed by atoms with E-state index in [9.17, 15) is 14.4 Å². The molecule has 0 radical (unpaired) electrons. The summed E-state index contributed by atoms with van der Waals surface area (Å²) in [6.45, 7) is 1.95. The number of nitrogens with zero attached hydrogens (tertiary/aromatic N) is 4. The van der Waals surface area contributed by atoms with Crippen LogP contribution in [0.5, 0.6) is 0 Å². The summed E-state index contributed by atoms with van der Waals surface area (Å²) in [4.78, 5) is 40.2. The normalized spacial score (nSPS) is 14.6. The summed E-state index contributed by atoms with van der Waals surface area (Å²) in [5.74, 6) is -0.615. The largest absolute Gasteiger partial charge is 0.459 e. The van der Waals surface area contributed by atoms with Crippen molar-refractivity contribution in [1.82, 2.24) is 18.7 Å². The Morgan fingerprint density at radius 1 is 1.38 bits per heavy atom. The molecule has 8 heteroatoms. The van der Waals surface area contributed by atoms with E-state index < -0.39 is 29.8 Å². The van der Waals surface area contributed by atoms with Crippen LogP contribution in [0.2, 0.25) is 0 Å². The van der Waals surface area contributed by atoms with Crippen LogP contribution in [-0.4, -0.2) is 30.3 Å². The van der Waals surface area contributed by atoms with E-state index >= 15 is 0 Å². The zero-order valence-corrected chi connectivity index (χ0v) is 12.2. The molecule has 0 atom stereocenters. The van der Waals surface area contributed by atoms with Gasteiger partial charge < -0.3 is 9.30 Å². The first-order chi connectivity index (χ1) is 10.8. The molecule has 2 aromatic heterocycles. The predicted octanol–water partition coefficient (Wildman–Crippen LogP) is -0.225. The van der Waals surface area contributed by atoms with E-state index in [4.69, 9.17) is 8.85 Å². The molecule has 0 spiro atoms. The molecule has 2 rings (SSSR count). The molecule has 0 aliphatic rings. The molecule has 0 unspecified atom stereocenters. The topological polar surface area (TPSA) is 88.1 Å². The lowest BCUT2D eigenvalue weighted by Crippen LogP contribution is -2.38. The van der Waals surface area contributed by atoms with Crippen LogP contribution in [0.4, 0.5) is 0 Å². The Morgan fingerprint density at radius 3 is 2.62 bits per heavy atom. The number of carbonyl (C=O) groups is 1. The van der Waals surface area contributed by atoms with Gasteiger partial charge in [-0.3, -0.25) is 18.7 Å². The van der Waals surface area contributed by atoms with Gasteiger partial charge in [0, 0.05) is 18.1 Å². The molecule has 2 heterocycles. The highest BCUT2D eigenvalue weighted by Crippen LogP contribution is 2.10.